The summed E-state index contributed by atoms with van der Waals surface area (Å²) in [6.45, 7) is 2.15. The highest BCUT2D eigenvalue weighted by atomic mass is 16.5. The van der Waals surface area contributed by atoms with Crippen LogP contribution in [0.5, 0.6) is 5.75 Å². The van der Waals surface area contributed by atoms with Crippen molar-refractivity contribution < 1.29 is 9.15 Å². The summed E-state index contributed by atoms with van der Waals surface area (Å²) in [5.41, 5.74) is 0.624. The quantitative estimate of drug-likeness (QED) is 0.757. The van der Waals surface area contributed by atoms with Crippen LogP contribution in [-0.2, 0) is 6.42 Å². The van der Waals surface area contributed by atoms with E-state index in [-0.39, 0.29) is 5.43 Å². The SMILES string of the molecule is CCCCCc1cc(=O)c2ccc(OC)cc2o1. The molecule has 3 heteroatoms. The zero-order valence-corrected chi connectivity index (χ0v) is 10.9. The van der Waals surface area contributed by atoms with Gasteiger partial charge in [-0.15, -0.1) is 0 Å². The number of aryl methyl sites for hydroxylation is 1. The minimum absolute atomic E-state index is 0.0189. The predicted octanol–water partition coefficient (Wildman–Crippen LogP) is 3.53. The van der Waals surface area contributed by atoms with Crippen LogP contribution in [0.4, 0.5) is 0 Å². The van der Waals surface area contributed by atoms with Crippen molar-refractivity contribution in [2.24, 2.45) is 0 Å². The molecule has 1 heterocycles. The molecule has 0 aliphatic rings. The number of hydrogen-bond acceptors (Lipinski definition) is 3. The Bertz CT molecular complexity index is 584. The van der Waals surface area contributed by atoms with Gasteiger partial charge in [-0.2, -0.15) is 0 Å². The molecule has 1 aromatic carbocycles. The van der Waals surface area contributed by atoms with Crippen LogP contribution in [0.1, 0.15) is 31.9 Å². The number of benzene rings is 1. The van der Waals surface area contributed by atoms with Crippen LogP contribution >= 0.6 is 0 Å². The third-order valence-corrected chi connectivity index (χ3v) is 3.01. The van der Waals surface area contributed by atoms with E-state index in [1.165, 1.54) is 0 Å². The Morgan fingerprint density at radius 2 is 2.06 bits per heavy atom. The number of hydrogen-bond donors (Lipinski definition) is 0. The maximum absolute atomic E-state index is 11.9. The molecule has 0 atom stereocenters. The van der Waals surface area contributed by atoms with Gasteiger partial charge in [0.2, 0.25) is 0 Å². The Balaban J connectivity index is 2.36. The molecule has 1 aromatic heterocycles. The Morgan fingerprint density at radius 3 is 2.78 bits per heavy atom. The second-order valence-electron chi connectivity index (χ2n) is 4.40. The van der Waals surface area contributed by atoms with Crippen molar-refractivity contribution in [3.63, 3.8) is 0 Å². The normalized spacial score (nSPS) is 10.8. The lowest BCUT2D eigenvalue weighted by atomic mass is 10.1. The van der Waals surface area contributed by atoms with Crippen LogP contribution in [-0.4, -0.2) is 7.11 Å². The molecule has 18 heavy (non-hydrogen) atoms. The van der Waals surface area contributed by atoms with E-state index in [1.807, 2.05) is 0 Å². The summed E-state index contributed by atoms with van der Waals surface area (Å²) in [6, 6.07) is 6.89. The zero-order valence-electron chi connectivity index (χ0n) is 10.9. The molecule has 0 aliphatic heterocycles. The molecule has 0 amide bonds. The largest absolute Gasteiger partial charge is 0.497 e. The van der Waals surface area contributed by atoms with E-state index in [4.69, 9.17) is 9.15 Å². The molecule has 0 bridgehead atoms. The van der Waals surface area contributed by atoms with Crippen LogP contribution in [0.15, 0.2) is 33.5 Å². The van der Waals surface area contributed by atoms with Gasteiger partial charge in [0.25, 0.3) is 0 Å². The highest BCUT2D eigenvalue weighted by Crippen LogP contribution is 2.20. The summed E-state index contributed by atoms with van der Waals surface area (Å²) in [6.07, 6.45) is 4.18. The van der Waals surface area contributed by atoms with Crippen molar-refractivity contribution in [1.29, 1.82) is 0 Å². The van der Waals surface area contributed by atoms with E-state index >= 15 is 0 Å². The van der Waals surface area contributed by atoms with Gasteiger partial charge in [0, 0.05) is 18.6 Å². The van der Waals surface area contributed by atoms with E-state index < -0.39 is 0 Å². The fourth-order valence-electron chi connectivity index (χ4n) is 1.98. The van der Waals surface area contributed by atoms with E-state index in [1.54, 1.807) is 31.4 Å². The maximum atomic E-state index is 11.9. The van der Waals surface area contributed by atoms with Gasteiger partial charge in [0.15, 0.2) is 5.43 Å². The van der Waals surface area contributed by atoms with Crippen LogP contribution in [0.25, 0.3) is 11.0 Å². The summed E-state index contributed by atoms with van der Waals surface area (Å²) in [4.78, 5) is 11.9. The minimum atomic E-state index is 0.0189. The molecule has 96 valence electrons. The number of fused-ring (bicyclic) bond motifs is 1. The highest BCUT2D eigenvalue weighted by molar-refractivity contribution is 5.77. The third-order valence-electron chi connectivity index (χ3n) is 3.01. The molecule has 3 nitrogen and oxygen atoms in total. The van der Waals surface area contributed by atoms with Gasteiger partial charge < -0.3 is 9.15 Å². The monoisotopic (exact) mass is 246 g/mol. The molecule has 0 radical (unpaired) electrons. The summed E-state index contributed by atoms with van der Waals surface area (Å²) in [7, 11) is 1.60. The van der Waals surface area contributed by atoms with Crippen molar-refractivity contribution >= 4 is 11.0 Å². The van der Waals surface area contributed by atoms with Gasteiger partial charge in [-0.25, -0.2) is 0 Å². The summed E-state index contributed by atoms with van der Waals surface area (Å²) < 4.78 is 10.9. The lowest BCUT2D eigenvalue weighted by molar-refractivity contribution is 0.414. The first kappa shape index (κ1) is 12.7. The van der Waals surface area contributed by atoms with Gasteiger partial charge in [0.1, 0.15) is 17.1 Å². The van der Waals surface area contributed by atoms with Gasteiger partial charge >= 0.3 is 0 Å². The maximum Gasteiger partial charge on any atom is 0.192 e. The van der Waals surface area contributed by atoms with E-state index in [0.717, 1.165) is 31.4 Å². The number of methoxy groups -OCH3 is 1. The molecule has 2 aromatic rings. The second kappa shape index (κ2) is 5.71. The van der Waals surface area contributed by atoms with Crippen LogP contribution in [0.2, 0.25) is 0 Å². The van der Waals surface area contributed by atoms with E-state index in [9.17, 15) is 4.79 Å². The first-order valence-electron chi connectivity index (χ1n) is 6.35. The summed E-state index contributed by atoms with van der Waals surface area (Å²) >= 11 is 0. The Hall–Kier alpha value is -1.77. The Morgan fingerprint density at radius 1 is 1.22 bits per heavy atom. The zero-order chi connectivity index (χ0) is 13.0. The third kappa shape index (κ3) is 2.73. The first-order chi connectivity index (χ1) is 8.74. The Labute approximate surface area is 106 Å². The molecule has 0 saturated carbocycles. The smallest absolute Gasteiger partial charge is 0.192 e. The molecule has 0 fully saturated rings. The first-order valence-corrected chi connectivity index (χ1v) is 6.35. The molecule has 0 N–H and O–H groups in total. The van der Waals surface area contributed by atoms with Gasteiger partial charge in [0.05, 0.1) is 12.5 Å². The topological polar surface area (TPSA) is 39.4 Å². The molecule has 0 unspecified atom stereocenters. The van der Waals surface area contributed by atoms with Crippen LogP contribution in [0, 0.1) is 0 Å². The van der Waals surface area contributed by atoms with Crippen LogP contribution in [0.3, 0.4) is 0 Å². The lowest BCUT2D eigenvalue weighted by Gasteiger charge is -2.04. The van der Waals surface area contributed by atoms with Gasteiger partial charge in [-0.3, -0.25) is 4.79 Å². The molecule has 0 saturated heterocycles. The standard InChI is InChI=1S/C15H18O3/c1-3-4-5-6-12-9-14(16)13-8-7-11(17-2)10-15(13)18-12/h7-10H,3-6H2,1-2H3. The lowest BCUT2D eigenvalue weighted by Crippen LogP contribution is -2.02. The number of rotatable bonds is 5. The molecule has 2 rings (SSSR count). The molecular weight excluding hydrogens is 228 g/mol. The van der Waals surface area contributed by atoms with Crippen molar-refractivity contribution in [2.45, 2.75) is 32.6 Å². The van der Waals surface area contributed by atoms with E-state index in [2.05, 4.69) is 6.92 Å². The van der Waals surface area contributed by atoms with Gasteiger partial charge in [-0.05, 0) is 18.6 Å². The second-order valence-corrected chi connectivity index (χ2v) is 4.40. The number of ether oxygens (including phenoxy) is 1. The highest BCUT2D eigenvalue weighted by Gasteiger charge is 2.05. The number of unbranched alkanes of at least 4 members (excludes halogenated alkanes) is 2. The summed E-state index contributed by atoms with van der Waals surface area (Å²) in [5, 5.41) is 0.607. The average Bonchev–Trinajstić information content (AvgIpc) is 2.38. The fraction of sp³-hybridized carbons (Fsp3) is 0.400. The summed E-state index contributed by atoms with van der Waals surface area (Å²) in [5.74, 6) is 1.46. The van der Waals surface area contributed by atoms with Gasteiger partial charge in [-0.1, -0.05) is 19.8 Å². The van der Waals surface area contributed by atoms with Crippen molar-refractivity contribution in [1.82, 2.24) is 0 Å². The molecule has 0 aliphatic carbocycles. The van der Waals surface area contributed by atoms with Crippen molar-refractivity contribution in [2.75, 3.05) is 7.11 Å². The minimum Gasteiger partial charge on any atom is -0.497 e. The van der Waals surface area contributed by atoms with Crippen molar-refractivity contribution in [3.05, 3.63) is 40.2 Å². The Kier molecular flexibility index (Phi) is 4.03. The molecular formula is C15H18O3. The average molecular weight is 246 g/mol. The van der Waals surface area contributed by atoms with E-state index in [0.29, 0.717) is 16.7 Å². The van der Waals surface area contributed by atoms with Crippen LogP contribution < -0.4 is 10.2 Å². The van der Waals surface area contributed by atoms with Crippen molar-refractivity contribution in [3.8, 4) is 5.75 Å². The fourth-order valence-corrected chi connectivity index (χ4v) is 1.98. The predicted molar refractivity (Wildman–Crippen MR) is 72.3 cm³/mol. The molecule has 0 spiro atoms.